The van der Waals surface area contributed by atoms with Crippen LogP contribution in [0.2, 0.25) is 10.0 Å². The summed E-state index contributed by atoms with van der Waals surface area (Å²) in [4.78, 5) is 37.5. The zero-order valence-electron chi connectivity index (χ0n) is 11.2. The zero-order valence-corrected chi connectivity index (χ0v) is 12.7. The van der Waals surface area contributed by atoms with Gasteiger partial charge in [-0.25, -0.2) is 14.5 Å². The molecular formula is C13H11Cl2N3O4. The van der Waals surface area contributed by atoms with Gasteiger partial charge in [-0.3, -0.25) is 4.79 Å². The molecule has 4 amide bonds. The quantitative estimate of drug-likeness (QED) is 0.892. The fourth-order valence-electron chi connectivity index (χ4n) is 2.28. The van der Waals surface area contributed by atoms with E-state index in [1.807, 2.05) is 0 Å². The van der Waals surface area contributed by atoms with Gasteiger partial charge < -0.3 is 15.0 Å². The van der Waals surface area contributed by atoms with E-state index >= 15 is 0 Å². The number of likely N-dealkylation sites (tertiary alicyclic amines) is 1. The van der Waals surface area contributed by atoms with Crippen LogP contribution in [0.5, 0.6) is 0 Å². The van der Waals surface area contributed by atoms with Crippen LogP contribution in [-0.4, -0.2) is 53.6 Å². The highest BCUT2D eigenvalue weighted by Gasteiger charge is 2.44. The smallest absolute Gasteiger partial charge is 0.417 e. The van der Waals surface area contributed by atoms with Crippen molar-refractivity contribution in [2.75, 3.05) is 25.0 Å². The maximum atomic E-state index is 12.0. The van der Waals surface area contributed by atoms with Gasteiger partial charge in [-0.15, -0.1) is 0 Å². The van der Waals surface area contributed by atoms with Gasteiger partial charge in [-0.1, -0.05) is 23.2 Å². The lowest BCUT2D eigenvalue weighted by molar-refractivity contribution is -0.129. The van der Waals surface area contributed by atoms with Gasteiger partial charge in [0.25, 0.3) is 5.91 Å². The highest BCUT2D eigenvalue weighted by molar-refractivity contribution is 6.42. The average Bonchev–Trinajstić information content (AvgIpc) is 2.73. The van der Waals surface area contributed by atoms with Crippen molar-refractivity contribution in [1.82, 2.24) is 9.80 Å². The molecule has 2 aliphatic rings. The molecule has 116 valence electrons. The maximum Gasteiger partial charge on any atom is 0.417 e. The second kappa shape index (κ2) is 5.66. The number of rotatable bonds is 2. The minimum Gasteiger partial charge on any atom is -0.439 e. The van der Waals surface area contributed by atoms with Gasteiger partial charge in [0.05, 0.1) is 16.1 Å². The number of imide groups is 1. The zero-order chi connectivity index (χ0) is 15.9. The molecule has 0 spiro atoms. The van der Waals surface area contributed by atoms with Crippen molar-refractivity contribution < 1.29 is 19.1 Å². The second-order valence-electron chi connectivity index (χ2n) is 4.94. The third-order valence-electron chi connectivity index (χ3n) is 3.47. The van der Waals surface area contributed by atoms with E-state index in [2.05, 4.69) is 10.1 Å². The van der Waals surface area contributed by atoms with Crippen LogP contribution in [0.25, 0.3) is 0 Å². The van der Waals surface area contributed by atoms with Gasteiger partial charge in [0.1, 0.15) is 0 Å². The van der Waals surface area contributed by atoms with Crippen LogP contribution >= 0.6 is 23.2 Å². The van der Waals surface area contributed by atoms with Crippen molar-refractivity contribution in [2.45, 2.75) is 6.04 Å². The number of benzene rings is 1. The Balaban J connectivity index is 1.56. The SMILES string of the molecule is O=C(Nc1ccc(Cl)c(Cl)c1)N1CC(N2C(=O)COC2=O)C1. The molecule has 7 nitrogen and oxygen atoms in total. The number of hydrogen-bond donors (Lipinski definition) is 1. The van der Waals surface area contributed by atoms with E-state index in [-0.39, 0.29) is 37.7 Å². The fourth-order valence-corrected chi connectivity index (χ4v) is 2.58. The summed E-state index contributed by atoms with van der Waals surface area (Å²) in [6, 6.07) is 4.08. The molecule has 2 fully saturated rings. The largest absolute Gasteiger partial charge is 0.439 e. The molecule has 22 heavy (non-hydrogen) atoms. The summed E-state index contributed by atoms with van der Waals surface area (Å²) in [7, 11) is 0. The molecule has 0 bridgehead atoms. The van der Waals surface area contributed by atoms with Crippen LogP contribution in [0.1, 0.15) is 0 Å². The van der Waals surface area contributed by atoms with Crippen LogP contribution in [0.15, 0.2) is 18.2 Å². The monoisotopic (exact) mass is 343 g/mol. The molecule has 1 aromatic rings. The lowest BCUT2D eigenvalue weighted by atomic mass is 10.1. The first-order chi connectivity index (χ1) is 10.5. The summed E-state index contributed by atoms with van der Waals surface area (Å²) in [6.45, 7) is 0.312. The Morgan fingerprint density at radius 3 is 2.55 bits per heavy atom. The van der Waals surface area contributed by atoms with Crippen LogP contribution < -0.4 is 5.32 Å². The highest BCUT2D eigenvalue weighted by atomic mass is 35.5. The topological polar surface area (TPSA) is 79.0 Å². The molecule has 0 unspecified atom stereocenters. The predicted octanol–water partition coefficient (Wildman–Crippen LogP) is 2.19. The first-order valence-electron chi connectivity index (χ1n) is 6.45. The molecule has 2 saturated heterocycles. The molecule has 1 aromatic carbocycles. The number of halogens is 2. The molecule has 3 rings (SSSR count). The summed E-state index contributed by atoms with van der Waals surface area (Å²) in [5.74, 6) is -0.375. The number of nitrogens with zero attached hydrogens (tertiary/aromatic N) is 2. The number of urea groups is 1. The number of cyclic esters (lactones) is 1. The predicted molar refractivity (Wildman–Crippen MR) is 79.0 cm³/mol. The third-order valence-corrected chi connectivity index (χ3v) is 4.21. The van der Waals surface area contributed by atoms with Gasteiger partial charge in [-0.05, 0) is 18.2 Å². The number of ether oxygens (including phenoxy) is 1. The minimum atomic E-state index is -0.653. The summed E-state index contributed by atoms with van der Waals surface area (Å²) in [5.41, 5.74) is 0.513. The van der Waals surface area contributed by atoms with E-state index < -0.39 is 6.09 Å². The van der Waals surface area contributed by atoms with Crippen LogP contribution in [0.4, 0.5) is 15.3 Å². The summed E-state index contributed by atoms with van der Waals surface area (Å²) >= 11 is 11.7. The summed E-state index contributed by atoms with van der Waals surface area (Å²) < 4.78 is 4.64. The molecule has 2 aliphatic heterocycles. The highest BCUT2D eigenvalue weighted by Crippen LogP contribution is 2.26. The van der Waals surface area contributed by atoms with Crippen molar-refractivity contribution in [3.8, 4) is 0 Å². The van der Waals surface area contributed by atoms with Gasteiger partial charge in [-0.2, -0.15) is 0 Å². The Morgan fingerprint density at radius 1 is 1.23 bits per heavy atom. The first kappa shape index (κ1) is 14.9. The molecule has 0 saturated carbocycles. The van der Waals surface area contributed by atoms with E-state index in [4.69, 9.17) is 23.2 Å². The van der Waals surface area contributed by atoms with E-state index in [9.17, 15) is 14.4 Å². The van der Waals surface area contributed by atoms with Crippen molar-refractivity contribution >= 4 is 46.9 Å². The number of hydrogen-bond acceptors (Lipinski definition) is 4. The number of nitrogens with one attached hydrogen (secondary N) is 1. The molecule has 0 aromatic heterocycles. The minimum absolute atomic E-state index is 0.231. The lowest BCUT2D eigenvalue weighted by Gasteiger charge is -2.41. The Labute approximate surface area is 135 Å². The van der Waals surface area contributed by atoms with Crippen molar-refractivity contribution in [2.24, 2.45) is 0 Å². The fraction of sp³-hybridized carbons (Fsp3) is 0.308. The van der Waals surface area contributed by atoms with Gasteiger partial charge >= 0.3 is 12.1 Å². The molecule has 0 radical (unpaired) electrons. The third kappa shape index (κ3) is 2.69. The van der Waals surface area contributed by atoms with E-state index in [0.717, 1.165) is 4.90 Å². The first-order valence-corrected chi connectivity index (χ1v) is 7.21. The Bertz CT molecular complexity index is 645. The number of amides is 4. The average molecular weight is 344 g/mol. The van der Waals surface area contributed by atoms with Crippen LogP contribution in [-0.2, 0) is 9.53 Å². The van der Waals surface area contributed by atoms with E-state index in [1.54, 1.807) is 18.2 Å². The van der Waals surface area contributed by atoms with E-state index in [0.29, 0.717) is 15.7 Å². The number of anilines is 1. The van der Waals surface area contributed by atoms with Crippen molar-refractivity contribution in [3.05, 3.63) is 28.2 Å². The molecule has 0 atom stereocenters. The van der Waals surface area contributed by atoms with Crippen molar-refractivity contribution in [1.29, 1.82) is 0 Å². The lowest BCUT2D eigenvalue weighted by Crippen LogP contribution is -2.63. The molecule has 1 N–H and O–H groups in total. The molecular weight excluding hydrogens is 333 g/mol. The van der Waals surface area contributed by atoms with E-state index in [1.165, 1.54) is 4.90 Å². The number of carbonyl (C=O) groups is 3. The van der Waals surface area contributed by atoms with Crippen LogP contribution in [0.3, 0.4) is 0 Å². The van der Waals surface area contributed by atoms with Gasteiger partial charge in [0.15, 0.2) is 6.61 Å². The molecule has 0 aliphatic carbocycles. The van der Waals surface area contributed by atoms with Crippen molar-refractivity contribution in [3.63, 3.8) is 0 Å². The maximum absolute atomic E-state index is 12.0. The summed E-state index contributed by atoms with van der Waals surface area (Å²) in [5, 5.41) is 3.41. The summed E-state index contributed by atoms with van der Waals surface area (Å²) in [6.07, 6.45) is -0.653. The normalized spacial score (nSPS) is 18.3. The second-order valence-corrected chi connectivity index (χ2v) is 5.75. The number of carbonyl (C=O) groups excluding carboxylic acids is 3. The van der Waals surface area contributed by atoms with Crippen LogP contribution in [0, 0.1) is 0 Å². The Hall–Kier alpha value is -1.99. The van der Waals surface area contributed by atoms with Gasteiger partial charge in [0.2, 0.25) is 0 Å². The Kier molecular flexibility index (Phi) is 3.84. The van der Waals surface area contributed by atoms with Gasteiger partial charge in [0, 0.05) is 18.8 Å². The Morgan fingerprint density at radius 2 is 1.95 bits per heavy atom. The molecule has 9 heteroatoms. The molecule has 2 heterocycles. The standard InChI is InChI=1S/C13H11Cl2N3O4/c14-9-2-1-7(3-10(9)15)16-12(20)17-4-8(5-17)18-11(19)6-22-13(18)21/h1-3,8H,4-6H2,(H,16,20).